The second kappa shape index (κ2) is 9.35. The third-order valence-corrected chi connectivity index (χ3v) is 6.48. The van der Waals surface area contributed by atoms with E-state index in [9.17, 15) is 14.7 Å². The van der Waals surface area contributed by atoms with Crippen LogP contribution in [-0.2, 0) is 4.79 Å². The quantitative estimate of drug-likeness (QED) is 0.735. The molecule has 1 aromatic heterocycles. The zero-order valence-electron chi connectivity index (χ0n) is 19.7. The van der Waals surface area contributed by atoms with E-state index < -0.39 is 6.09 Å². The van der Waals surface area contributed by atoms with Crippen LogP contribution >= 0.6 is 0 Å². The number of anilines is 2. The van der Waals surface area contributed by atoms with Crippen molar-refractivity contribution < 1.29 is 14.7 Å². The maximum absolute atomic E-state index is 12.4. The van der Waals surface area contributed by atoms with E-state index >= 15 is 0 Å². The number of amides is 2. The second-order valence-electron chi connectivity index (χ2n) is 9.04. The van der Waals surface area contributed by atoms with Crippen molar-refractivity contribution >= 4 is 23.5 Å². The lowest BCUT2D eigenvalue weighted by atomic mass is 9.88. The number of fused-ring (bicyclic) bond motifs is 1. The van der Waals surface area contributed by atoms with Gasteiger partial charge in [0.05, 0.1) is 24.1 Å². The van der Waals surface area contributed by atoms with Gasteiger partial charge in [-0.25, -0.2) is 9.78 Å². The van der Waals surface area contributed by atoms with Crippen LogP contribution in [0, 0.1) is 0 Å². The second-order valence-corrected chi connectivity index (χ2v) is 9.04. The van der Waals surface area contributed by atoms with Crippen LogP contribution in [0.4, 0.5) is 16.3 Å². The van der Waals surface area contributed by atoms with E-state index in [1.165, 1.54) is 4.90 Å². The highest BCUT2D eigenvalue weighted by Gasteiger charge is 2.38. The Morgan fingerprint density at radius 2 is 1.91 bits per heavy atom. The molecule has 1 aromatic carbocycles. The lowest BCUT2D eigenvalue weighted by Crippen LogP contribution is -2.48. The fraction of sp³-hybridized carbons (Fsp3) is 0.500. The number of hydrogen-bond acceptors (Lipinski definition) is 6. The van der Waals surface area contributed by atoms with Crippen molar-refractivity contribution in [2.24, 2.45) is 0 Å². The van der Waals surface area contributed by atoms with Crippen LogP contribution in [0.2, 0.25) is 0 Å². The van der Waals surface area contributed by atoms with Crippen LogP contribution in [0.1, 0.15) is 45.7 Å². The third-order valence-electron chi connectivity index (χ3n) is 6.48. The first kappa shape index (κ1) is 23.0. The fourth-order valence-corrected chi connectivity index (χ4v) is 4.98. The Hall–Kier alpha value is -3.20. The summed E-state index contributed by atoms with van der Waals surface area (Å²) in [5.74, 6) is 0.797. The molecule has 176 valence electrons. The molecule has 2 aliphatic rings. The fourth-order valence-electron chi connectivity index (χ4n) is 4.98. The zero-order valence-corrected chi connectivity index (χ0v) is 19.7. The number of hydrogen-bond donors (Lipinski definition) is 2. The summed E-state index contributed by atoms with van der Waals surface area (Å²) in [6.45, 7) is 10.9. The van der Waals surface area contributed by atoms with E-state index in [0.717, 1.165) is 54.5 Å². The van der Waals surface area contributed by atoms with E-state index in [2.05, 4.69) is 20.2 Å². The number of piperazine rings is 1. The van der Waals surface area contributed by atoms with Crippen molar-refractivity contribution in [2.75, 3.05) is 36.0 Å². The van der Waals surface area contributed by atoms with Crippen molar-refractivity contribution in [3.8, 4) is 11.3 Å². The summed E-state index contributed by atoms with van der Waals surface area (Å²) in [6.07, 6.45) is 3.13. The molecule has 1 saturated heterocycles. The van der Waals surface area contributed by atoms with Gasteiger partial charge >= 0.3 is 6.09 Å². The Kier molecular flexibility index (Phi) is 6.51. The van der Waals surface area contributed by atoms with Crippen LogP contribution < -0.4 is 15.1 Å². The lowest BCUT2D eigenvalue weighted by Gasteiger charge is -2.43. The SMILES string of the molecule is CC(=O)N1c2ccc(-c3cnc(N4CCNCC4)cn3)cc2[C@H](N(C(=O)O)C(C)C)C[C@@H]1C. The number of carboxylic acid groups (broad SMARTS) is 1. The minimum atomic E-state index is -0.963. The molecule has 4 rings (SSSR count). The molecule has 1 fully saturated rings. The predicted octanol–water partition coefficient (Wildman–Crippen LogP) is 3.13. The number of carbonyl (C=O) groups excluding carboxylic acids is 1. The molecule has 0 saturated carbocycles. The van der Waals surface area contributed by atoms with E-state index in [-0.39, 0.29) is 24.0 Å². The smallest absolute Gasteiger partial charge is 0.408 e. The van der Waals surface area contributed by atoms with Crippen molar-refractivity contribution in [3.63, 3.8) is 0 Å². The first-order chi connectivity index (χ1) is 15.8. The van der Waals surface area contributed by atoms with Gasteiger partial charge in [0, 0.05) is 56.4 Å². The van der Waals surface area contributed by atoms with Crippen LogP contribution in [-0.4, -0.2) is 70.2 Å². The first-order valence-electron chi connectivity index (χ1n) is 11.5. The highest BCUT2D eigenvalue weighted by atomic mass is 16.4. The summed E-state index contributed by atoms with van der Waals surface area (Å²) in [7, 11) is 0. The van der Waals surface area contributed by atoms with Gasteiger partial charge in [0.25, 0.3) is 0 Å². The van der Waals surface area contributed by atoms with Gasteiger partial charge < -0.3 is 20.2 Å². The first-order valence-corrected chi connectivity index (χ1v) is 11.5. The number of benzene rings is 1. The van der Waals surface area contributed by atoms with Gasteiger partial charge in [-0.15, -0.1) is 0 Å². The van der Waals surface area contributed by atoms with Gasteiger partial charge in [-0.3, -0.25) is 14.7 Å². The maximum Gasteiger partial charge on any atom is 0.408 e. The molecule has 0 aliphatic carbocycles. The maximum atomic E-state index is 12.4. The molecule has 0 spiro atoms. The highest BCUT2D eigenvalue weighted by molar-refractivity contribution is 5.94. The molecule has 0 radical (unpaired) electrons. The van der Waals surface area contributed by atoms with Gasteiger partial charge in [-0.2, -0.15) is 0 Å². The molecule has 0 unspecified atom stereocenters. The van der Waals surface area contributed by atoms with Crippen LogP contribution in [0.5, 0.6) is 0 Å². The molecule has 2 aromatic rings. The van der Waals surface area contributed by atoms with Crippen molar-refractivity contribution in [1.29, 1.82) is 0 Å². The third kappa shape index (κ3) is 4.50. The van der Waals surface area contributed by atoms with Crippen LogP contribution in [0.15, 0.2) is 30.6 Å². The topological polar surface area (TPSA) is 102 Å². The number of carbonyl (C=O) groups is 2. The van der Waals surface area contributed by atoms with Gasteiger partial charge in [-0.1, -0.05) is 6.07 Å². The Bertz CT molecular complexity index is 1020. The predicted molar refractivity (Wildman–Crippen MR) is 128 cm³/mol. The summed E-state index contributed by atoms with van der Waals surface area (Å²) in [6, 6.07) is 5.15. The van der Waals surface area contributed by atoms with Crippen molar-refractivity contribution in [1.82, 2.24) is 20.2 Å². The van der Waals surface area contributed by atoms with Crippen molar-refractivity contribution in [2.45, 2.75) is 52.2 Å². The Morgan fingerprint density at radius 1 is 1.18 bits per heavy atom. The van der Waals surface area contributed by atoms with Crippen LogP contribution in [0.3, 0.4) is 0 Å². The number of nitrogens with one attached hydrogen (secondary N) is 1. The molecular formula is C24H32N6O3. The van der Waals surface area contributed by atoms with E-state index in [1.807, 2.05) is 39.0 Å². The average Bonchev–Trinajstić information content (AvgIpc) is 2.79. The molecule has 9 heteroatoms. The van der Waals surface area contributed by atoms with Crippen LogP contribution in [0.25, 0.3) is 11.3 Å². The van der Waals surface area contributed by atoms with Gasteiger partial charge in [-0.05, 0) is 44.9 Å². The molecule has 3 heterocycles. The molecule has 2 aliphatic heterocycles. The summed E-state index contributed by atoms with van der Waals surface area (Å²) < 4.78 is 0. The van der Waals surface area contributed by atoms with Gasteiger partial charge in [0.2, 0.25) is 5.91 Å². The minimum Gasteiger partial charge on any atom is -0.465 e. The molecule has 2 amide bonds. The summed E-state index contributed by atoms with van der Waals surface area (Å²) >= 11 is 0. The molecular weight excluding hydrogens is 420 g/mol. The molecule has 2 N–H and O–H groups in total. The zero-order chi connectivity index (χ0) is 23.7. The monoisotopic (exact) mass is 452 g/mol. The largest absolute Gasteiger partial charge is 0.465 e. The Balaban J connectivity index is 1.73. The molecule has 33 heavy (non-hydrogen) atoms. The van der Waals surface area contributed by atoms with Gasteiger partial charge in [0.1, 0.15) is 5.82 Å². The summed E-state index contributed by atoms with van der Waals surface area (Å²) in [4.78, 5) is 39.3. The van der Waals surface area contributed by atoms with Crippen molar-refractivity contribution in [3.05, 3.63) is 36.2 Å². The van der Waals surface area contributed by atoms with E-state index in [4.69, 9.17) is 0 Å². The normalized spacial score (nSPS) is 20.5. The average molecular weight is 453 g/mol. The Morgan fingerprint density at radius 3 is 2.48 bits per heavy atom. The number of rotatable bonds is 4. The standard InChI is InChI=1S/C24H32N6O3/c1-15(2)29(24(32)33)22-11-16(3)30(17(4)31)21-6-5-18(12-19(21)22)20-13-27-23(14-26-20)28-9-7-25-8-10-28/h5-6,12-16,22,25H,7-11H2,1-4H3,(H,32,33)/t16-,22+/m0/s1. The summed E-state index contributed by atoms with van der Waals surface area (Å²) in [5, 5.41) is 13.3. The molecule has 2 atom stereocenters. The lowest BCUT2D eigenvalue weighted by molar-refractivity contribution is -0.117. The minimum absolute atomic E-state index is 0.0541. The van der Waals surface area contributed by atoms with E-state index in [0.29, 0.717) is 6.42 Å². The highest BCUT2D eigenvalue weighted by Crippen LogP contribution is 2.43. The Labute approximate surface area is 194 Å². The van der Waals surface area contributed by atoms with Gasteiger partial charge in [0.15, 0.2) is 0 Å². The summed E-state index contributed by atoms with van der Waals surface area (Å²) in [5.41, 5.74) is 3.15. The molecule has 9 nitrogen and oxygen atoms in total. The number of aromatic nitrogens is 2. The number of nitrogens with zero attached hydrogens (tertiary/aromatic N) is 5. The van der Waals surface area contributed by atoms with E-state index in [1.54, 1.807) is 24.2 Å². The molecule has 0 bridgehead atoms.